The number of H-pyrrole nitrogens is 1. The molecular formula is C28H22Cl2N2O7. The summed E-state index contributed by atoms with van der Waals surface area (Å²) in [7, 11) is 1.36. The topological polar surface area (TPSA) is 134 Å². The smallest absolute Gasteiger partial charge is 0.172 e. The Balaban J connectivity index is 1.71. The number of halogens is 2. The van der Waals surface area contributed by atoms with Crippen molar-refractivity contribution in [2.24, 2.45) is 0 Å². The van der Waals surface area contributed by atoms with E-state index in [4.69, 9.17) is 32.7 Å². The molecule has 2 aliphatic rings. The van der Waals surface area contributed by atoms with Gasteiger partial charge in [0.1, 0.15) is 24.4 Å². The number of carbonyl (C=O) groups is 2. The number of aromatic amines is 1. The Hall–Kier alpha value is -3.02. The molecule has 3 aromatic carbocycles. The number of aliphatic hydroxyl groups excluding tert-OH is 3. The lowest BCUT2D eigenvalue weighted by Crippen LogP contribution is -2.57. The zero-order valence-corrected chi connectivity index (χ0v) is 22.0. The van der Waals surface area contributed by atoms with Crippen molar-refractivity contribution in [2.45, 2.75) is 37.1 Å². The minimum Gasteiger partial charge on any atom is -0.394 e. The molecule has 5 atom stereocenters. The van der Waals surface area contributed by atoms with E-state index in [9.17, 15) is 24.9 Å². The predicted octanol–water partition coefficient (Wildman–Crippen LogP) is 4.13. The summed E-state index contributed by atoms with van der Waals surface area (Å²) in [6.45, 7) is -0.483. The standard InChI is InChI=1S/C28H22Cl2N2O7/c1-38-27-16(9-33)39-28(26(37)25(27)36)32-23-11(5-3-7-13(23)30)18-20-15(35)8-14(34)19(20)17-10-4-2-6-12(29)21(10)31-22(17)24(18)32/h2-7,16,25-28,31,33,36-37H,8-9H2,1H3/t16-,25-,26-,27-,28-/m1/s1. The Morgan fingerprint density at radius 3 is 2.31 bits per heavy atom. The normalized spacial score (nSPS) is 25.5. The van der Waals surface area contributed by atoms with Gasteiger partial charge in [-0.1, -0.05) is 47.5 Å². The van der Waals surface area contributed by atoms with Crippen molar-refractivity contribution in [3.63, 3.8) is 0 Å². The Bertz CT molecular complexity index is 1870. The highest BCUT2D eigenvalue weighted by Gasteiger charge is 2.47. The summed E-state index contributed by atoms with van der Waals surface area (Å²) in [6, 6.07) is 10.5. The van der Waals surface area contributed by atoms with Crippen LogP contribution in [-0.2, 0) is 9.47 Å². The molecule has 0 spiro atoms. The second-order valence-electron chi connectivity index (χ2n) is 9.97. The number of rotatable bonds is 3. The molecule has 1 saturated heterocycles. The molecule has 3 heterocycles. The number of ether oxygens (including phenoxy) is 2. The van der Waals surface area contributed by atoms with Crippen molar-refractivity contribution in [1.29, 1.82) is 0 Å². The molecular weight excluding hydrogens is 547 g/mol. The van der Waals surface area contributed by atoms with E-state index in [2.05, 4.69) is 4.98 Å². The Kier molecular flexibility index (Phi) is 5.60. The fourth-order valence-corrected chi connectivity index (χ4v) is 6.88. The van der Waals surface area contributed by atoms with E-state index in [1.807, 2.05) is 6.07 Å². The maximum Gasteiger partial charge on any atom is 0.172 e. The highest BCUT2D eigenvalue weighted by Crippen LogP contribution is 2.49. The van der Waals surface area contributed by atoms with E-state index in [1.165, 1.54) is 7.11 Å². The van der Waals surface area contributed by atoms with Gasteiger partial charge in [-0.05, 0) is 12.1 Å². The fourth-order valence-electron chi connectivity index (χ4n) is 6.40. The Morgan fingerprint density at radius 1 is 0.949 bits per heavy atom. The van der Waals surface area contributed by atoms with Crippen LogP contribution in [0.4, 0.5) is 0 Å². The molecule has 0 unspecified atom stereocenters. The molecule has 9 nitrogen and oxygen atoms in total. The number of aliphatic hydroxyl groups is 3. The first kappa shape index (κ1) is 25.0. The van der Waals surface area contributed by atoms with E-state index in [0.29, 0.717) is 59.2 Å². The highest BCUT2D eigenvalue weighted by molar-refractivity contribution is 6.44. The summed E-state index contributed by atoms with van der Waals surface area (Å²) in [5, 5.41) is 35.3. The van der Waals surface area contributed by atoms with Crippen LogP contribution in [0.3, 0.4) is 0 Å². The van der Waals surface area contributed by atoms with E-state index in [-0.39, 0.29) is 23.6 Å². The number of methoxy groups -OCH3 is 1. The van der Waals surface area contributed by atoms with Gasteiger partial charge >= 0.3 is 0 Å². The van der Waals surface area contributed by atoms with Crippen molar-refractivity contribution in [1.82, 2.24) is 9.55 Å². The molecule has 1 fully saturated rings. The summed E-state index contributed by atoms with van der Waals surface area (Å²) in [5.74, 6) is -0.617. The molecule has 5 aromatic rings. The predicted molar refractivity (Wildman–Crippen MR) is 146 cm³/mol. The molecule has 39 heavy (non-hydrogen) atoms. The summed E-state index contributed by atoms with van der Waals surface area (Å²) < 4.78 is 13.1. The van der Waals surface area contributed by atoms with Crippen molar-refractivity contribution >= 4 is 78.4 Å². The van der Waals surface area contributed by atoms with Gasteiger partial charge < -0.3 is 34.3 Å². The number of aromatic nitrogens is 2. The molecule has 0 bridgehead atoms. The Labute approximate surface area is 230 Å². The maximum absolute atomic E-state index is 13.4. The number of nitrogens with zero attached hydrogens (tertiary/aromatic N) is 1. The molecule has 1 aliphatic heterocycles. The van der Waals surface area contributed by atoms with Crippen LogP contribution in [0.5, 0.6) is 0 Å². The monoisotopic (exact) mass is 568 g/mol. The van der Waals surface area contributed by atoms with Gasteiger partial charge in [-0.15, -0.1) is 0 Å². The summed E-state index contributed by atoms with van der Waals surface area (Å²) in [5.41, 5.74) is 2.55. The number of carbonyl (C=O) groups excluding carboxylic acids is 2. The second kappa shape index (κ2) is 8.74. The quantitative estimate of drug-likeness (QED) is 0.240. The van der Waals surface area contributed by atoms with Crippen LogP contribution in [0.25, 0.3) is 43.6 Å². The molecule has 0 radical (unpaired) electrons. The van der Waals surface area contributed by atoms with Crippen LogP contribution in [-0.4, -0.2) is 74.6 Å². The molecule has 4 N–H and O–H groups in total. The lowest BCUT2D eigenvalue weighted by atomic mass is 9.96. The molecule has 11 heteroatoms. The summed E-state index contributed by atoms with van der Waals surface area (Å²) >= 11 is 13.3. The number of ketones is 2. The summed E-state index contributed by atoms with van der Waals surface area (Å²) in [6.07, 6.45) is -6.38. The fraction of sp³-hybridized carbons (Fsp3) is 0.286. The lowest BCUT2D eigenvalue weighted by Gasteiger charge is -2.42. The molecule has 2 aromatic heterocycles. The van der Waals surface area contributed by atoms with Crippen LogP contribution in [0.15, 0.2) is 36.4 Å². The third kappa shape index (κ3) is 3.20. The lowest BCUT2D eigenvalue weighted by molar-refractivity contribution is -0.255. The maximum atomic E-state index is 13.4. The van der Waals surface area contributed by atoms with Crippen LogP contribution in [0.2, 0.25) is 10.0 Å². The van der Waals surface area contributed by atoms with Gasteiger partial charge in [0.2, 0.25) is 0 Å². The van der Waals surface area contributed by atoms with Crippen LogP contribution < -0.4 is 0 Å². The number of hydrogen-bond acceptors (Lipinski definition) is 7. The van der Waals surface area contributed by atoms with E-state index in [1.54, 1.807) is 34.9 Å². The minimum atomic E-state index is -1.50. The molecule has 1 aliphatic carbocycles. The zero-order chi connectivity index (χ0) is 27.3. The number of Topliss-reactive ketones (excluding diaryl/α,β-unsaturated/α-hetero) is 2. The number of fused-ring (bicyclic) bond motifs is 10. The average Bonchev–Trinajstić information content (AvgIpc) is 3.56. The first-order valence-corrected chi connectivity index (χ1v) is 13.1. The van der Waals surface area contributed by atoms with E-state index in [0.717, 1.165) is 0 Å². The van der Waals surface area contributed by atoms with Crippen molar-refractivity contribution in [3.8, 4) is 0 Å². The molecule has 7 rings (SSSR count). The van der Waals surface area contributed by atoms with Crippen molar-refractivity contribution in [3.05, 3.63) is 57.6 Å². The first-order chi connectivity index (χ1) is 18.8. The van der Waals surface area contributed by atoms with Gasteiger partial charge in [0, 0.05) is 39.8 Å². The van der Waals surface area contributed by atoms with Gasteiger partial charge in [0.15, 0.2) is 17.8 Å². The third-order valence-corrected chi connectivity index (χ3v) is 8.61. The number of hydrogen-bond donors (Lipinski definition) is 4. The van der Waals surface area contributed by atoms with E-state index >= 15 is 0 Å². The molecule has 0 saturated carbocycles. The largest absolute Gasteiger partial charge is 0.394 e. The number of benzene rings is 3. The average molecular weight is 569 g/mol. The second-order valence-corrected chi connectivity index (χ2v) is 10.8. The third-order valence-electron chi connectivity index (χ3n) is 7.99. The molecule has 200 valence electrons. The van der Waals surface area contributed by atoms with Crippen molar-refractivity contribution in [2.75, 3.05) is 13.7 Å². The van der Waals surface area contributed by atoms with Crippen LogP contribution in [0, 0.1) is 0 Å². The van der Waals surface area contributed by atoms with Crippen LogP contribution >= 0.6 is 23.2 Å². The van der Waals surface area contributed by atoms with Gasteiger partial charge in [-0.3, -0.25) is 9.59 Å². The highest BCUT2D eigenvalue weighted by atomic mass is 35.5. The first-order valence-electron chi connectivity index (χ1n) is 12.4. The van der Waals surface area contributed by atoms with Gasteiger partial charge in [0.05, 0.1) is 45.1 Å². The zero-order valence-electron chi connectivity index (χ0n) is 20.4. The molecule has 0 amide bonds. The number of para-hydroxylation sites is 2. The van der Waals surface area contributed by atoms with Crippen molar-refractivity contribution < 1.29 is 34.4 Å². The van der Waals surface area contributed by atoms with Gasteiger partial charge in [-0.2, -0.15) is 0 Å². The SMILES string of the molecule is CO[C@H]1[C@H](O)[C@@H](O)[C@H](n2c3c(Cl)cccc3c3c4c(c5c6cccc(Cl)c6[nH]c5c32)C(=O)CC4=O)O[C@@H]1CO. The van der Waals surface area contributed by atoms with E-state index < -0.39 is 37.3 Å². The Morgan fingerprint density at radius 2 is 1.62 bits per heavy atom. The number of nitrogens with one attached hydrogen (secondary N) is 1. The van der Waals surface area contributed by atoms with Crippen LogP contribution in [0.1, 0.15) is 33.4 Å². The van der Waals surface area contributed by atoms with Gasteiger partial charge in [-0.25, -0.2) is 0 Å². The summed E-state index contributed by atoms with van der Waals surface area (Å²) in [4.78, 5) is 30.0. The minimum absolute atomic E-state index is 0.270. The van der Waals surface area contributed by atoms with Gasteiger partial charge in [0.25, 0.3) is 0 Å².